The van der Waals surface area contributed by atoms with Crippen LogP contribution < -0.4 is 5.32 Å². The first-order chi connectivity index (χ1) is 11.4. The number of benzene rings is 1. The van der Waals surface area contributed by atoms with Crippen LogP contribution in [0, 0.1) is 11.6 Å². The Bertz CT molecular complexity index is 795. The van der Waals surface area contributed by atoms with Crippen LogP contribution >= 0.6 is 0 Å². The summed E-state index contributed by atoms with van der Waals surface area (Å²) in [6.45, 7) is 1.71. The molecule has 1 heterocycles. The second-order valence-corrected chi connectivity index (χ2v) is 5.66. The molecule has 2 N–H and O–H groups in total. The molecule has 126 valence electrons. The van der Waals surface area contributed by atoms with Gasteiger partial charge in [0.1, 0.15) is 23.0 Å². The molecule has 0 bridgehead atoms. The number of nitrogens with one attached hydrogen (secondary N) is 1. The fourth-order valence-electron chi connectivity index (χ4n) is 2.76. The first-order valence-corrected chi connectivity index (χ1v) is 7.53. The monoisotopic (exact) mass is 335 g/mol. The second-order valence-electron chi connectivity index (χ2n) is 5.66. The number of rotatable bonds is 5. The number of aromatic carboxylic acids is 1. The van der Waals surface area contributed by atoms with Crippen LogP contribution in [0.1, 0.15) is 51.5 Å². The van der Waals surface area contributed by atoms with Gasteiger partial charge in [0.25, 0.3) is 5.91 Å². The molecule has 1 aromatic heterocycles. The highest BCUT2D eigenvalue weighted by Gasteiger charge is 2.43. The average molecular weight is 335 g/mol. The van der Waals surface area contributed by atoms with Crippen molar-refractivity contribution >= 4 is 11.9 Å². The lowest BCUT2D eigenvalue weighted by atomic mass is 10.1. The molecule has 0 aliphatic heterocycles. The normalized spacial score (nSPS) is 19.1. The van der Waals surface area contributed by atoms with Gasteiger partial charge >= 0.3 is 5.97 Å². The van der Waals surface area contributed by atoms with E-state index < -0.39 is 35.5 Å². The van der Waals surface area contributed by atoms with Gasteiger partial charge in [0.15, 0.2) is 5.76 Å². The molecule has 1 aromatic carbocycles. The molecule has 7 heteroatoms. The SMILES string of the molecule is CCc1oc(C(=O)NC2CC2c2c(F)cccc2F)cc1C(=O)O. The summed E-state index contributed by atoms with van der Waals surface area (Å²) in [4.78, 5) is 23.2. The Hall–Kier alpha value is -2.70. The van der Waals surface area contributed by atoms with Gasteiger partial charge in [-0.05, 0) is 18.6 Å². The maximum absolute atomic E-state index is 13.7. The van der Waals surface area contributed by atoms with Crippen molar-refractivity contribution in [1.29, 1.82) is 0 Å². The first kappa shape index (κ1) is 16.2. The lowest BCUT2D eigenvalue weighted by molar-refractivity contribution is 0.0694. The molecule has 3 rings (SSSR count). The maximum atomic E-state index is 13.7. The fourth-order valence-corrected chi connectivity index (χ4v) is 2.76. The number of aryl methyl sites for hydroxylation is 1. The van der Waals surface area contributed by atoms with Crippen molar-refractivity contribution in [3.8, 4) is 0 Å². The van der Waals surface area contributed by atoms with E-state index in [0.29, 0.717) is 12.8 Å². The molecule has 5 nitrogen and oxygen atoms in total. The minimum absolute atomic E-state index is 0.0392. The van der Waals surface area contributed by atoms with Gasteiger partial charge in [-0.2, -0.15) is 0 Å². The molecule has 1 fully saturated rings. The summed E-state index contributed by atoms with van der Waals surface area (Å²) >= 11 is 0. The van der Waals surface area contributed by atoms with Crippen LogP contribution in [0.5, 0.6) is 0 Å². The standard InChI is InChI=1S/C17H15F2NO4/c1-2-13-9(17(22)23)7-14(24-13)16(21)20-12-6-8(12)15-10(18)4-3-5-11(15)19/h3-5,7-8,12H,2,6H2,1H3,(H,20,21)(H,22,23). The molecule has 2 aromatic rings. The highest BCUT2D eigenvalue weighted by Crippen LogP contribution is 2.43. The summed E-state index contributed by atoms with van der Waals surface area (Å²) < 4.78 is 32.7. The molecule has 1 saturated carbocycles. The van der Waals surface area contributed by atoms with Crippen molar-refractivity contribution in [1.82, 2.24) is 5.32 Å². The highest BCUT2D eigenvalue weighted by atomic mass is 19.1. The number of amides is 1. The van der Waals surface area contributed by atoms with Crippen LogP contribution in [0.2, 0.25) is 0 Å². The maximum Gasteiger partial charge on any atom is 0.339 e. The van der Waals surface area contributed by atoms with Gasteiger partial charge < -0.3 is 14.8 Å². The third-order valence-corrected chi connectivity index (χ3v) is 4.06. The molecule has 0 saturated heterocycles. The number of carbonyl (C=O) groups excluding carboxylic acids is 1. The smallest absolute Gasteiger partial charge is 0.339 e. The zero-order valence-corrected chi connectivity index (χ0v) is 12.8. The van der Waals surface area contributed by atoms with Crippen LogP contribution in [0.25, 0.3) is 0 Å². The van der Waals surface area contributed by atoms with Crippen molar-refractivity contribution in [3.05, 3.63) is 58.5 Å². The van der Waals surface area contributed by atoms with Gasteiger partial charge in [0.2, 0.25) is 0 Å². The van der Waals surface area contributed by atoms with E-state index in [0.717, 1.165) is 6.07 Å². The topological polar surface area (TPSA) is 79.5 Å². The highest BCUT2D eigenvalue weighted by molar-refractivity contribution is 5.96. The van der Waals surface area contributed by atoms with Crippen LogP contribution in [-0.4, -0.2) is 23.0 Å². The van der Waals surface area contributed by atoms with Crippen molar-refractivity contribution in [3.63, 3.8) is 0 Å². The Balaban J connectivity index is 1.72. The Morgan fingerprint density at radius 2 is 2.00 bits per heavy atom. The zero-order valence-electron chi connectivity index (χ0n) is 12.8. The predicted octanol–water partition coefficient (Wildman–Crippen LogP) is 3.10. The number of carbonyl (C=O) groups is 2. The molecule has 2 atom stereocenters. The van der Waals surface area contributed by atoms with Crippen molar-refractivity contribution in [2.24, 2.45) is 0 Å². The van der Waals surface area contributed by atoms with Crippen LogP contribution in [0.4, 0.5) is 8.78 Å². The second kappa shape index (κ2) is 6.07. The van der Waals surface area contributed by atoms with Gasteiger partial charge in [-0.1, -0.05) is 13.0 Å². The molecule has 24 heavy (non-hydrogen) atoms. The summed E-state index contributed by atoms with van der Waals surface area (Å²) in [5.74, 6) is -3.40. The molecular weight excluding hydrogens is 320 g/mol. The van der Waals surface area contributed by atoms with E-state index in [4.69, 9.17) is 9.52 Å². The Morgan fingerprint density at radius 1 is 1.33 bits per heavy atom. The van der Waals surface area contributed by atoms with Gasteiger partial charge in [0, 0.05) is 30.0 Å². The zero-order chi connectivity index (χ0) is 17.4. The summed E-state index contributed by atoms with van der Waals surface area (Å²) in [6, 6.07) is 4.39. The minimum Gasteiger partial charge on any atom is -0.478 e. The minimum atomic E-state index is -1.17. The molecular formula is C17H15F2NO4. The number of carboxylic acid groups (broad SMARTS) is 1. The Morgan fingerprint density at radius 3 is 2.54 bits per heavy atom. The van der Waals surface area contributed by atoms with E-state index in [9.17, 15) is 18.4 Å². The number of furan rings is 1. The van der Waals surface area contributed by atoms with E-state index in [1.54, 1.807) is 6.92 Å². The molecule has 1 aliphatic rings. The molecule has 1 amide bonds. The van der Waals surface area contributed by atoms with E-state index in [1.165, 1.54) is 18.2 Å². The summed E-state index contributed by atoms with van der Waals surface area (Å²) in [7, 11) is 0. The van der Waals surface area contributed by atoms with Crippen LogP contribution in [0.15, 0.2) is 28.7 Å². The lowest BCUT2D eigenvalue weighted by Gasteiger charge is -2.05. The van der Waals surface area contributed by atoms with Gasteiger partial charge in [-0.15, -0.1) is 0 Å². The van der Waals surface area contributed by atoms with Gasteiger partial charge in [0.05, 0.1) is 0 Å². The van der Waals surface area contributed by atoms with Crippen molar-refractivity contribution in [2.45, 2.75) is 31.7 Å². The number of hydrogen-bond acceptors (Lipinski definition) is 3. The Labute approximate surface area is 136 Å². The predicted molar refractivity (Wildman–Crippen MR) is 80.0 cm³/mol. The quantitative estimate of drug-likeness (QED) is 0.880. The van der Waals surface area contributed by atoms with Crippen LogP contribution in [-0.2, 0) is 6.42 Å². The molecule has 0 radical (unpaired) electrons. The molecule has 2 unspecified atom stereocenters. The average Bonchev–Trinajstić information content (AvgIpc) is 3.12. The van der Waals surface area contributed by atoms with Gasteiger partial charge in [-0.25, -0.2) is 13.6 Å². The van der Waals surface area contributed by atoms with E-state index in [-0.39, 0.29) is 22.6 Å². The van der Waals surface area contributed by atoms with Gasteiger partial charge in [-0.3, -0.25) is 4.79 Å². The van der Waals surface area contributed by atoms with E-state index in [1.807, 2.05) is 0 Å². The van der Waals surface area contributed by atoms with E-state index in [2.05, 4.69) is 5.32 Å². The number of halogens is 2. The third kappa shape index (κ3) is 2.89. The summed E-state index contributed by atoms with van der Waals surface area (Å²) in [5.41, 5.74) is -0.0992. The van der Waals surface area contributed by atoms with Crippen molar-refractivity contribution < 1.29 is 27.9 Å². The first-order valence-electron chi connectivity index (χ1n) is 7.53. The Kier molecular flexibility index (Phi) is 4.09. The third-order valence-electron chi connectivity index (χ3n) is 4.06. The van der Waals surface area contributed by atoms with Crippen molar-refractivity contribution in [2.75, 3.05) is 0 Å². The van der Waals surface area contributed by atoms with E-state index >= 15 is 0 Å². The summed E-state index contributed by atoms with van der Waals surface area (Å²) in [5, 5.41) is 11.7. The summed E-state index contributed by atoms with van der Waals surface area (Å²) in [6.07, 6.45) is 0.748. The largest absolute Gasteiger partial charge is 0.478 e. The number of carboxylic acids is 1. The fraction of sp³-hybridized carbons (Fsp3) is 0.294. The number of hydrogen-bond donors (Lipinski definition) is 2. The lowest BCUT2D eigenvalue weighted by Crippen LogP contribution is -2.26. The molecule has 1 aliphatic carbocycles. The van der Waals surface area contributed by atoms with Crippen LogP contribution in [0.3, 0.4) is 0 Å². The molecule has 0 spiro atoms.